The van der Waals surface area contributed by atoms with Crippen LogP contribution in [0.3, 0.4) is 0 Å². The molecular formula is C9H8FNOS. The Morgan fingerprint density at radius 2 is 2.31 bits per heavy atom. The van der Waals surface area contributed by atoms with Crippen molar-refractivity contribution < 1.29 is 9.50 Å². The van der Waals surface area contributed by atoms with Gasteiger partial charge in [0.25, 0.3) is 0 Å². The maximum atomic E-state index is 13.0. The number of benzene rings is 1. The van der Waals surface area contributed by atoms with Crippen molar-refractivity contribution >= 4 is 21.6 Å². The highest BCUT2D eigenvalue weighted by atomic mass is 32.1. The topological polar surface area (TPSA) is 33.1 Å². The highest BCUT2D eigenvalue weighted by Gasteiger charge is 2.10. The van der Waals surface area contributed by atoms with Crippen molar-refractivity contribution in [2.24, 2.45) is 0 Å². The van der Waals surface area contributed by atoms with Gasteiger partial charge in [0.2, 0.25) is 0 Å². The van der Waals surface area contributed by atoms with Crippen molar-refractivity contribution in [1.29, 1.82) is 0 Å². The molecule has 0 saturated heterocycles. The molecule has 68 valence electrons. The highest BCUT2D eigenvalue weighted by molar-refractivity contribution is 7.16. The van der Waals surface area contributed by atoms with Crippen molar-refractivity contribution in [2.45, 2.75) is 13.0 Å². The van der Waals surface area contributed by atoms with Gasteiger partial charge in [0.1, 0.15) is 5.82 Å². The molecule has 2 rings (SSSR count). The lowest BCUT2D eigenvalue weighted by atomic mass is 10.1. The lowest BCUT2D eigenvalue weighted by molar-refractivity contribution is 0.200. The van der Waals surface area contributed by atoms with Gasteiger partial charge in [0.15, 0.2) is 0 Å². The smallest absolute Gasteiger partial charge is 0.125 e. The SMILES string of the molecule is CC(O)c1cc(F)cc2scnc12. The van der Waals surface area contributed by atoms with E-state index in [1.165, 1.54) is 23.5 Å². The Kier molecular flexibility index (Phi) is 2.01. The van der Waals surface area contributed by atoms with Crippen molar-refractivity contribution in [2.75, 3.05) is 0 Å². The molecule has 0 fully saturated rings. The van der Waals surface area contributed by atoms with Gasteiger partial charge in [0.05, 0.1) is 21.8 Å². The summed E-state index contributed by atoms with van der Waals surface area (Å²) in [6.07, 6.45) is -0.680. The molecular weight excluding hydrogens is 189 g/mol. The van der Waals surface area contributed by atoms with E-state index in [4.69, 9.17) is 0 Å². The third-order valence-corrected chi connectivity index (χ3v) is 2.66. The molecule has 1 aromatic carbocycles. The van der Waals surface area contributed by atoms with Crippen LogP contribution >= 0.6 is 11.3 Å². The first-order valence-electron chi connectivity index (χ1n) is 3.89. The van der Waals surface area contributed by atoms with Gasteiger partial charge < -0.3 is 5.11 Å². The molecule has 1 N–H and O–H groups in total. The third-order valence-electron chi connectivity index (χ3n) is 1.88. The fourth-order valence-corrected chi connectivity index (χ4v) is 2.01. The first-order chi connectivity index (χ1) is 6.18. The maximum Gasteiger partial charge on any atom is 0.125 e. The summed E-state index contributed by atoms with van der Waals surface area (Å²) >= 11 is 1.37. The Labute approximate surface area is 78.7 Å². The van der Waals surface area contributed by atoms with E-state index >= 15 is 0 Å². The van der Waals surface area contributed by atoms with Gasteiger partial charge in [-0.15, -0.1) is 11.3 Å². The molecule has 1 unspecified atom stereocenters. The van der Waals surface area contributed by atoms with Crippen molar-refractivity contribution in [1.82, 2.24) is 4.98 Å². The summed E-state index contributed by atoms with van der Waals surface area (Å²) < 4.78 is 13.8. The van der Waals surface area contributed by atoms with Gasteiger partial charge in [-0.1, -0.05) is 0 Å². The van der Waals surface area contributed by atoms with Crippen molar-refractivity contribution in [3.8, 4) is 0 Å². The number of aliphatic hydroxyl groups excluding tert-OH is 1. The summed E-state index contributed by atoms with van der Waals surface area (Å²) in [6.45, 7) is 1.60. The zero-order valence-corrected chi connectivity index (χ0v) is 7.81. The van der Waals surface area contributed by atoms with Crippen LogP contribution in [0.15, 0.2) is 17.6 Å². The molecule has 1 aromatic heterocycles. The Bertz CT molecular complexity index is 438. The van der Waals surface area contributed by atoms with Gasteiger partial charge in [-0.05, 0) is 19.1 Å². The number of hydrogen-bond donors (Lipinski definition) is 1. The van der Waals surface area contributed by atoms with E-state index in [0.717, 1.165) is 4.70 Å². The van der Waals surface area contributed by atoms with Gasteiger partial charge in [0, 0.05) is 5.56 Å². The number of thiazole rings is 1. The normalized spacial score (nSPS) is 13.5. The van der Waals surface area contributed by atoms with Crippen LogP contribution in [-0.4, -0.2) is 10.1 Å². The molecule has 1 heterocycles. The Morgan fingerprint density at radius 3 is 3.00 bits per heavy atom. The molecule has 2 nitrogen and oxygen atoms in total. The molecule has 0 amide bonds. The van der Waals surface area contributed by atoms with E-state index in [-0.39, 0.29) is 5.82 Å². The molecule has 0 spiro atoms. The Morgan fingerprint density at radius 1 is 1.54 bits per heavy atom. The minimum absolute atomic E-state index is 0.326. The molecule has 0 bridgehead atoms. The van der Waals surface area contributed by atoms with E-state index in [9.17, 15) is 9.50 Å². The van der Waals surface area contributed by atoms with Crippen LogP contribution in [-0.2, 0) is 0 Å². The lowest BCUT2D eigenvalue weighted by Crippen LogP contribution is -1.93. The number of rotatable bonds is 1. The highest BCUT2D eigenvalue weighted by Crippen LogP contribution is 2.26. The average molecular weight is 197 g/mol. The second-order valence-corrected chi connectivity index (χ2v) is 3.76. The van der Waals surface area contributed by atoms with Gasteiger partial charge in [-0.3, -0.25) is 0 Å². The average Bonchev–Trinajstić information content (AvgIpc) is 2.49. The van der Waals surface area contributed by atoms with Crippen LogP contribution in [0.5, 0.6) is 0 Å². The zero-order chi connectivity index (χ0) is 9.42. The van der Waals surface area contributed by atoms with E-state index < -0.39 is 6.10 Å². The summed E-state index contributed by atoms with van der Waals surface area (Å²) in [5.41, 5.74) is 2.90. The number of aliphatic hydroxyl groups is 1. The molecule has 2 aromatic rings. The summed E-state index contributed by atoms with van der Waals surface area (Å²) in [6, 6.07) is 2.76. The Balaban J connectivity index is 2.77. The molecule has 0 saturated carbocycles. The summed E-state index contributed by atoms with van der Waals surface area (Å²) in [4.78, 5) is 4.07. The predicted octanol–water partition coefficient (Wildman–Crippen LogP) is 2.49. The molecule has 0 aliphatic heterocycles. The fraction of sp³-hybridized carbons (Fsp3) is 0.222. The van der Waals surface area contributed by atoms with Crippen LogP contribution in [0.25, 0.3) is 10.2 Å². The third kappa shape index (κ3) is 1.43. The molecule has 1 atom stereocenters. The van der Waals surface area contributed by atoms with Gasteiger partial charge >= 0.3 is 0 Å². The quantitative estimate of drug-likeness (QED) is 0.761. The molecule has 0 radical (unpaired) electrons. The van der Waals surface area contributed by atoms with Crippen LogP contribution in [0, 0.1) is 5.82 Å². The predicted molar refractivity (Wildman–Crippen MR) is 50.2 cm³/mol. The zero-order valence-electron chi connectivity index (χ0n) is 6.99. The molecule has 0 aliphatic carbocycles. The first kappa shape index (κ1) is 8.59. The molecule has 0 aliphatic rings. The van der Waals surface area contributed by atoms with Crippen LogP contribution in [0.4, 0.5) is 4.39 Å². The van der Waals surface area contributed by atoms with E-state index in [0.29, 0.717) is 11.1 Å². The minimum atomic E-state index is -0.680. The monoisotopic (exact) mass is 197 g/mol. The van der Waals surface area contributed by atoms with E-state index in [2.05, 4.69) is 4.98 Å². The van der Waals surface area contributed by atoms with Crippen LogP contribution < -0.4 is 0 Å². The summed E-state index contributed by atoms with van der Waals surface area (Å²) in [7, 11) is 0. The second-order valence-electron chi connectivity index (χ2n) is 2.87. The maximum absolute atomic E-state index is 13.0. The number of hydrogen-bond acceptors (Lipinski definition) is 3. The first-order valence-corrected chi connectivity index (χ1v) is 4.77. The molecule has 13 heavy (non-hydrogen) atoms. The lowest BCUT2D eigenvalue weighted by Gasteiger charge is -2.04. The van der Waals surface area contributed by atoms with Gasteiger partial charge in [-0.25, -0.2) is 9.37 Å². The van der Waals surface area contributed by atoms with Crippen LogP contribution in [0.1, 0.15) is 18.6 Å². The Hall–Kier alpha value is -1.00. The second kappa shape index (κ2) is 3.05. The minimum Gasteiger partial charge on any atom is -0.389 e. The fourth-order valence-electron chi connectivity index (χ4n) is 1.28. The largest absolute Gasteiger partial charge is 0.389 e. The van der Waals surface area contributed by atoms with Crippen molar-refractivity contribution in [3.63, 3.8) is 0 Å². The number of nitrogens with zero attached hydrogens (tertiary/aromatic N) is 1. The molecule has 4 heteroatoms. The summed E-state index contributed by atoms with van der Waals surface area (Å²) in [5.74, 6) is -0.326. The number of halogens is 1. The van der Waals surface area contributed by atoms with E-state index in [1.54, 1.807) is 12.4 Å². The van der Waals surface area contributed by atoms with Crippen molar-refractivity contribution in [3.05, 3.63) is 29.0 Å². The van der Waals surface area contributed by atoms with Crippen LogP contribution in [0.2, 0.25) is 0 Å². The standard InChI is InChI=1S/C9H8FNOS/c1-5(12)7-2-6(10)3-8-9(7)11-4-13-8/h2-5,12H,1H3. The number of aromatic nitrogens is 1. The summed E-state index contributed by atoms with van der Waals surface area (Å²) in [5, 5.41) is 9.36. The number of fused-ring (bicyclic) bond motifs is 1. The van der Waals surface area contributed by atoms with Gasteiger partial charge in [-0.2, -0.15) is 0 Å². The van der Waals surface area contributed by atoms with E-state index in [1.807, 2.05) is 0 Å².